The Balaban J connectivity index is 1.99. The number of hydrogen-bond donors (Lipinski definition) is 1. The Labute approximate surface area is 69.9 Å². The normalized spacial score (nSPS) is 30.4. The number of ether oxygens (including phenoxy) is 1. The van der Waals surface area contributed by atoms with E-state index in [9.17, 15) is 0 Å². The third-order valence-electron chi connectivity index (χ3n) is 1.98. The van der Waals surface area contributed by atoms with E-state index in [1.807, 2.05) is 0 Å². The third kappa shape index (κ3) is 1.46. The van der Waals surface area contributed by atoms with Gasteiger partial charge in [-0.25, -0.2) is 0 Å². The van der Waals surface area contributed by atoms with Crippen molar-refractivity contribution in [2.75, 3.05) is 6.61 Å². The van der Waals surface area contributed by atoms with Crippen LogP contribution in [0.4, 0.5) is 0 Å². The molecule has 1 fully saturated rings. The van der Waals surface area contributed by atoms with Crippen LogP contribution in [-0.4, -0.2) is 22.8 Å². The lowest BCUT2D eigenvalue weighted by Gasteiger charge is -2.24. The lowest BCUT2D eigenvalue weighted by Crippen LogP contribution is -2.32. The lowest BCUT2D eigenvalue weighted by molar-refractivity contribution is -0.00220. The second kappa shape index (κ2) is 3.20. The highest BCUT2D eigenvalue weighted by molar-refractivity contribution is 4.88. The maximum atomic E-state index is 5.66. The van der Waals surface area contributed by atoms with Crippen LogP contribution in [-0.2, 0) is 4.74 Å². The van der Waals surface area contributed by atoms with E-state index < -0.39 is 0 Å². The number of nitrogens with two attached hydrogens (primary N) is 1. The first kappa shape index (κ1) is 7.70. The monoisotopic (exact) mass is 169 g/mol. The molecule has 0 unspecified atom stereocenters. The Bertz CT molecular complexity index is 229. The third-order valence-corrected chi connectivity index (χ3v) is 1.98. The summed E-state index contributed by atoms with van der Waals surface area (Å²) < 4.78 is 10.0. The van der Waals surface area contributed by atoms with E-state index in [1.54, 1.807) is 0 Å². The first-order valence-electron chi connectivity index (χ1n) is 3.99. The molecule has 1 aliphatic rings. The molecule has 12 heavy (non-hydrogen) atoms. The van der Waals surface area contributed by atoms with Gasteiger partial charge in [-0.05, 0) is 12.8 Å². The van der Waals surface area contributed by atoms with Gasteiger partial charge in [0.25, 0.3) is 0 Å². The zero-order chi connectivity index (χ0) is 8.39. The van der Waals surface area contributed by atoms with Crippen molar-refractivity contribution in [2.24, 2.45) is 5.73 Å². The first-order valence-corrected chi connectivity index (χ1v) is 3.99. The van der Waals surface area contributed by atoms with Crippen molar-refractivity contribution in [3.05, 3.63) is 12.2 Å². The standard InChI is InChI=1S/C7H11N3O2/c8-5-1-2-6(11-3-5)7-9-4-12-10-7/h4-6H,1-3,8H2/t5-,6+/m1/s1. The van der Waals surface area contributed by atoms with Crippen molar-refractivity contribution >= 4 is 0 Å². The molecule has 1 saturated heterocycles. The molecule has 1 aromatic rings. The van der Waals surface area contributed by atoms with Gasteiger partial charge in [0.05, 0.1) is 6.61 Å². The van der Waals surface area contributed by atoms with Gasteiger partial charge >= 0.3 is 0 Å². The average molecular weight is 169 g/mol. The lowest BCUT2D eigenvalue weighted by atomic mass is 10.1. The molecule has 5 nitrogen and oxygen atoms in total. The van der Waals surface area contributed by atoms with Crippen LogP contribution in [0.3, 0.4) is 0 Å². The van der Waals surface area contributed by atoms with Gasteiger partial charge in [0.15, 0.2) is 5.82 Å². The quantitative estimate of drug-likeness (QED) is 0.652. The van der Waals surface area contributed by atoms with E-state index in [1.165, 1.54) is 6.39 Å². The molecule has 0 radical (unpaired) electrons. The highest BCUT2D eigenvalue weighted by Crippen LogP contribution is 2.24. The summed E-state index contributed by atoms with van der Waals surface area (Å²) in [6.45, 7) is 0.583. The first-order chi connectivity index (χ1) is 5.86. The van der Waals surface area contributed by atoms with Crippen LogP contribution in [0.5, 0.6) is 0 Å². The zero-order valence-electron chi connectivity index (χ0n) is 6.64. The number of aromatic nitrogens is 2. The SMILES string of the molecule is N[C@@H]1CC[C@@H](c2ncon2)OC1. The molecule has 2 rings (SSSR count). The molecule has 66 valence electrons. The number of hydrogen-bond acceptors (Lipinski definition) is 5. The smallest absolute Gasteiger partial charge is 0.213 e. The molecule has 2 heterocycles. The Hall–Kier alpha value is -0.940. The highest BCUT2D eigenvalue weighted by atomic mass is 16.5. The summed E-state index contributed by atoms with van der Waals surface area (Å²) in [5, 5.41) is 3.71. The molecule has 0 saturated carbocycles. The molecule has 0 bridgehead atoms. The summed E-state index contributed by atoms with van der Waals surface area (Å²) in [4.78, 5) is 3.92. The van der Waals surface area contributed by atoms with Gasteiger partial charge in [0.1, 0.15) is 6.10 Å². The number of rotatable bonds is 1. The van der Waals surface area contributed by atoms with Crippen molar-refractivity contribution < 1.29 is 9.26 Å². The summed E-state index contributed by atoms with van der Waals surface area (Å²) in [5.41, 5.74) is 5.66. The second-order valence-corrected chi connectivity index (χ2v) is 2.95. The average Bonchev–Trinajstić information content (AvgIpc) is 2.58. The molecular formula is C7H11N3O2. The van der Waals surface area contributed by atoms with Crippen molar-refractivity contribution in [3.8, 4) is 0 Å². The fourth-order valence-corrected chi connectivity index (χ4v) is 1.30. The summed E-state index contributed by atoms with van der Waals surface area (Å²) in [6.07, 6.45) is 3.12. The Kier molecular flexibility index (Phi) is 2.05. The minimum atomic E-state index is -0.0245. The van der Waals surface area contributed by atoms with Crippen LogP contribution in [0.25, 0.3) is 0 Å². The summed E-state index contributed by atoms with van der Waals surface area (Å²) in [5.74, 6) is 0.627. The van der Waals surface area contributed by atoms with Crippen LogP contribution < -0.4 is 5.73 Å². The Morgan fingerprint density at radius 1 is 1.50 bits per heavy atom. The van der Waals surface area contributed by atoms with Gasteiger partial charge in [-0.1, -0.05) is 5.16 Å². The largest absolute Gasteiger partial charge is 0.368 e. The van der Waals surface area contributed by atoms with E-state index in [-0.39, 0.29) is 12.1 Å². The van der Waals surface area contributed by atoms with Gasteiger partial charge < -0.3 is 15.0 Å². The second-order valence-electron chi connectivity index (χ2n) is 2.95. The topological polar surface area (TPSA) is 74.2 Å². The van der Waals surface area contributed by atoms with Crippen molar-refractivity contribution in [1.82, 2.24) is 10.1 Å². The van der Waals surface area contributed by atoms with Crippen LogP contribution in [0.1, 0.15) is 24.8 Å². The molecule has 0 amide bonds. The maximum absolute atomic E-state index is 5.66. The molecule has 2 N–H and O–H groups in total. The van der Waals surface area contributed by atoms with Gasteiger partial charge in [-0.15, -0.1) is 0 Å². The fraction of sp³-hybridized carbons (Fsp3) is 0.714. The minimum Gasteiger partial charge on any atom is -0.368 e. The van der Waals surface area contributed by atoms with E-state index in [0.29, 0.717) is 12.4 Å². The minimum absolute atomic E-state index is 0.0245. The molecule has 0 spiro atoms. The van der Waals surface area contributed by atoms with Crippen LogP contribution in [0.15, 0.2) is 10.9 Å². The van der Waals surface area contributed by atoms with Gasteiger partial charge in [0, 0.05) is 6.04 Å². The van der Waals surface area contributed by atoms with Crippen molar-refractivity contribution in [1.29, 1.82) is 0 Å². The van der Waals surface area contributed by atoms with Gasteiger partial charge in [-0.3, -0.25) is 0 Å². The molecule has 1 aromatic heterocycles. The highest BCUT2D eigenvalue weighted by Gasteiger charge is 2.23. The molecule has 5 heteroatoms. The van der Waals surface area contributed by atoms with Crippen LogP contribution in [0.2, 0.25) is 0 Å². The number of nitrogens with zero attached hydrogens (tertiary/aromatic N) is 2. The molecular weight excluding hydrogens is 158 g/mol. The van der Waals surface area contributed by atoms with Gasteiger partial charge in [-0.2, -0.15) is 4.98 Å². The molecule has 0 aliphatic carbocycles. The molecule has 0 aromatic carbocycles. The van der Waals surface area contributed by atoms with E-state index >= 15 is 0 Å². The Morgan fingerprint density at radius 2 is 2.42 bits per heavy atom. The van der Waals surface area contributed by atoms with Crippen LogP contribution in [0, 0.1) is 0 Å². The summed E-state index contributed by atoms with van der Waals surface area (Å²) in [7, 11) is 0. The van der Waals surface area contributed by atoms with Crippen LogP contribution >= 0.6 is 0 Å². The van der Waals surface area contributed by atoms with E-state index in [2.05, 4.69) is 14.7 Å². The van der Waals surface area contributed by atoms with Crippen molar-refractivity contribution in [2.45, 2.75) is 25.0 Å². The maximum Gasteiger partial charge on any atom is 0.213 e. The zero-order valence-corrected chi connectivity index (χ0v) is 6.64. The van der Waals surface area contributed by atoms with Gasteiger partial charge in [0.2, 0.25) is 6.39 Å². The summed E-state index contributed by atoms with van der Waals surface area (Å²) in [6, 6.07) is 0.160. The summed E-state index contributed by atoms with van der Waals surface area (Å²) >= 11 is 0. The van der Waals surface area contributed by atoms with E-state index in [0.717, 1.165) is 12.8 Å². The molecule has 1 aliphatic heterocycles. The fourth-order valence-electron chi connectivity index (χ4n) is 1.30. The van der Waals surface area contributed by atoms with Crippen molar-refractivity contribution in [3.63, 3.8) is 0 Å². The predicted molar refractivity (Wildman–Crippen MR) is 40.2 cm³/mol. The predicted octanol–water partition coefficient (Wildman–Crippen LogP) is 0.248. The van der Waals surface area contributed by atoms with E-state index in [4.69, 9.17) is 10.5 Å². The molecule has 2 atom stereocenters. The Morgan fingerprint density at radius 3 is 3.00 bits per heavy atom.